The number of anilines is 2. The molecule has 2 rings (SSSR count). The predicted molar refractivity (Wildman–Crippen MR) is 108 cm³/mol. The summed E-state index contributed by atoms with van der Waals surface area (Å²) in [5, 5.41) is 11.3. The number of ether oxygens (including phenoxy) is 1. The molecule has 0 spiro atoms. The molecular weight excluding hydrogens is 382 g/mol. The molecule has 0 aliphatic carbocycles. The number of nitrogens with one attached hydrogen (secondary N) is 1. The molecule has 0 saturated heterocycles. The van der Waals surface area contributed by atoms with Crippen molar-refractivity contribution in [3.63, 3.8) is 0 Å². The van der Waals surface area contributed by atoms with E-state index in [-0.39, 0.29) is 41.7 Å². The lowest BCUT2D eigenvalue weighted by Gasteiger charge is -2.20. The highest BCUT2D eigenvalue weighted by Gasteiger charge is 2.25. The van der Waals surface area contributed by atoms with Crippen LogP contribution in [0.4, 0.5) is 17.2 Å². The average molecular weight is 405 g/mol. The van der Waals surface area contributed by atoms with Gasteiger partial charge in [0.15, 0.2) is 11.4 Å². The van der Waals surface area contributed by atoms with Gasteiger partial charge in [0.25, 0.3) is 11.5 Å². The van der Waals surface area contributed by atoms with Crippen molar-refractivity contribution < 1.29 is 14.5 Å². The van der Waals surface area contributed by atoms with Gasteiger partial charge in [-0.05, 0) is 25.5 Å². The van der Waals surface area contributed by atoms with Gasteiger partial charge in [-0.2, -0.15) is 0 Å². The summed E-state index contributed by atoms with van der Waals surface area (Å²) in [7, 11) is 1.31. The van der Waals surface area contributed by atoms with Gasteiger partial charge < -0.3 is 15.4 Å². The molecule has 11 heteroatoms. The molecule has 156 valence electrons. The monoisotopic (exact) mass is 405 g/mol. The summed E-state index contributed by atoms with van der Waals surface area (Å²) in [6, 6.07) is 3.74. The summed E-state index contributed by atoms with van der Waals surface area (Å²) in [6.45, 7) is 4.11. The number of carbonyl (C=O) groups excluding carboxylic acids is 1. The fraction of sp³-hybridized carbons (Fsp3) is 0.389. The molecule has 2 aromatic rings. The van der Waals surface area contributed by atoms with Crippen molar-refractivity contribution >= 4 is 23.1 Å². The van der Waals surface area contributed by atoms with Crippen molar-refractivity contribution in [1.82, 2.24) is 9.55 Å². The number of benzene rings is 1. The van der Waals surface area contributed by atoms with Crippen LogP contribution in [-0.4, -0.2) is 34.0 Å². The average Bonchev–Trinajstić information content (AvgIpc) is 2.67. The third kappa shape index (κ3) is 4.45. The Hall–Kier alpha value is -3.63. The van der Waals surface area contributed by atoms with Crippen molar-refractivity contribution in [2.75, 3.05) is 24.3 Å². The van der Waals surface area contributed by atoms with Gasteiger partial charge in [0.1, 0.15) is 5.82 Å². The Morgan fingerprint density at radius 2 is 2.03 bits per heavy atom. The van der Waals surface area contributed by atoms with E-state index < -0.39 is 22.1 Å². The zero-order valence-electron chi connectivity index (χ0n) is 16.4. The minimum absolute atomic E-state index is 0.0298. The summed E-state index contributed by atoms with van der Waals surface area (Å²) >= 11 is 0. The lowest BCUT2D eigenvalue weighted by Crippen LogP contribution is -2.39. The van der Waals surface area contributed by atoms with Gasteiger partial charge >= 0.3 is 11.4 Å². The second-order valence-electron chi connectivity index (χ2n) is 6.24. The van der Waals surface area contributed by atoms with Gasteiger partial charge in [-0.1, -0.05) is 13.3 Å². The maximum absolute atomic E-state index is 12.9. The van der Waals surface area contributed by atoms with Crippen LogP contribution in [0.1, 0.15) is 37.0 Å². The zero-order valence-corrected chi connectivity index (χ0v) is 16.4. The highest BCUT2D eigenvalue weighted by molar-refractivity contribution is 6.07. The quantitative estimate of drug-likeness (QED) is 0.498. The Kier molecular flexibility index (Phi) is 6.75. The van der Waals surface area contributed by atoms with Crippen LogP contribution in [0.25, 0.3) is 0 Å². The maximum Gasteiger partial charge on any atom is 0.330 e. The molecule has 0 aliphatic heterocycles. The van der Waals surface area contributed by atoms with E-state index in [0.717, 1.165) is 17.4 Å². The molecule has 11 nitrogen and oxygen atoms in total. The third-order valence-corrected chi connectivity index (χ3v) is 4.29. The number of aromatic nitrogens is 2. The number of H-pyrrole nitrogens is 1. The Labute approximate surface area is 165 Å². The molecule has 0 radical (unpaired) electrons. The van der Waals surface area contributed by atoms with E-state index in [1.165, 1.54) is 23.7 Å². The molecule has 1 amide bonds. The molecule has 0 aliphatic rings. The topological polar surface area (TPSA) is 154 Å². The Morgan fingerprint density at radius 3 is 2.62 bits per heavy atom. The number of hydrogen-bond acceptors (Lipinski definition) is 7. The largest absolute Gasteiger partial charge is 0.487 e. The van der Waals surface area contributed by atoms with Gasteiger partial charge in [0, 0.05) is 25.2 Å². The second kappa shape index (κ2) is 9.04. The first kappa shape index (κ1) is 21.7. The molecule has 0 saturated carbocycles. The van der Waals surface area contributed by atoms with E-state index in [9.17, 15) is 24.5 Å². The van der Waals surface area contributed by atoms with Gasteiger partial charge in [0.2, 0.25) is 0 Å². The molecule has 0 fully saturated rings. The van der Waals surface area contributed by atoms with E-state index in [0.29, 0.717) is 6.42 Å². The van der Waals surface area contributed by atoms with Crippen molar-refractivity contribution in [3.05, 3.63) is 54.7 Å². The van der Waals surface area contributed by atoms with Crippen LogP contribution in [0, 0.1) is 10.1 Å². The normalized spacial score (nSPS) is 10.6. The van der Waals surface area contributed by atoms with Crippen molar-refractivity contribution in [2.45, 2.75) is 33.2 Å². The number of nitrogens with zero attached hydrogens (tertiary/aromatic N) is 3. The molecule has 1 aromatic heterocycles. The van der Waals surface area contributed by atoms with Crippen molar-refractivity contribution in [3.8, 4) is 5.75 Å². The predicted octanol–water partition coefficient (Wildman–Crippen LogP) is 1.50. The summed E-state index contributed by atoms with van der Waals surface area (Å²) < 4.78 is 6.39. The standard InChI is InChI=1S/C18H23N5O6/c1-4-6-9-22-15(19)14(16(24)20-18(22)26)21(3)17(25)11-7-8-13(29-5-2)12(10-11)23(27)28/h7-8,10H,4-6,9,19H2,1-3H3,(H,20,24,26). The highest BCUT2D eigenvalue weighted by atomic mass is 16.6. The molecule has 1 aromatic carbocycles. The summed E-state index contributed by atoms with van der Waals surface area (Å²) in [5.74, 6) is -0.820. The summed E-state index contributed by atoms with van der Waals surface area (Å²) in [4.78, 5) is 51.0. The Balaban J connectivity index is 2.50. The van der Waals surface area contributed by atoms with E-state index in [4.69, 9.17) is 10.5 Å². The maximum atomic E-state index is 12.9. The van der Waals surface area contributed by atoms with Gasteiger partial charge in [-0.3, -0.25) is 29.3 Å². The first-order chi connectivity index (χ1) is 13.7. The minimum Gasteiger partial charge on any atom is -0.487 e. The molecular formula is C18H23N5O6. The van der Waals surface area contributed by atoms with Crippen LogP contribution in [-0.2, 0) is 6.54 Å². The summed E-state index contributed by atoms with van der Waals surface area (Å²) in [5.41, 5.74) is 3.90. The van der Waals surface area contributed by atoms with Crippen molar-refractivity contribution in [2.24, 2.45) is 0 Å². The Bertz CT molecular complexity index is 1040. The third-order valence-electron chi connectivity index (χ3n) is 4.29. The number of aromatic amines is 1. The fourth-order valence-electron chi connectivity index (χ4n) is 2.81. The number of hydrogen-bond donors (Lipinski definition) is 2. The molecule has 1 heterocycles. The number of nitro groups is 1. The van der Waals surface area contributed by atoms with Gasteiger partial charge in [-0.25, -0.2) is 4.79 Å². The number of unbranched alkanes of at least 4 members (excludes halogenated alkanes) is 1. The lowest BCUT2D eigenvalue weighted by molar-refractivity contribution is -0.385. The molecule has 3 N–H and O–H groups in total. The SMILES string of the molecule is CCCCn1c(N)c(N(C)C(=O)c2ccc(OCC)c([N+](=O)[O-])c2)c(=O)[nH]c1=O. The van der Waals surface area contributed by atoms with E-state index in [2.05, 4.69) is 4.98 Å². The van der Waals surface area contributed by atoms with Gasteiger partial charge in [0.05, 0.1) is 11.5 Å². The Morgan fingerprint density at radius 1 is 1.34 bits per heavy atom. The number of rotatable bonds is 8. The first-order valence-electron chi connectivity index (χ1n) is 9.04. The number of nitrogen functional groups attached to an aromatic ring is 1. The van der Waals surface area contributed by atoms with Crippen LogP contribution >= 0.6 is 0 Å². The molecule has 0 unspecified atom stereocenters. The number of carbonyl (C=O) groups is 1. The van der Waals surface area contributed by atoms with E-state index in [1.54, 1.807) is 6.92 Å². The zero-order chi connectivity index (χ0) is 21.7. The van der Waals surface area contributed by atoms with Crippen LogP contribution < -0.4 is 26.6 Å². The molecule has 29 heavy (non-hydrogen) atoms. The first-order valence-corrected chi connectivity index (χ1v) is 9.04. The highest BCUT2D eigenvalue weighted by Crippen LogP contribution is 2.29. The molecule has 0 atom stereocenters. The van der Waals surface area contributed by atoms with E-state index in [1.807, 2.05) is 6.92 Å². The lowest BCUT2D eigenvalue weighted by atomic mass is 10.1. The number of nitrogens with two attached hydrogens (primary N) is 1. The van der Waals surface area contributed by atoms with Gasteiger partial charge in [-0.15, -0.1) is 0 Å². The molecule has 0 bridgehead atoms. The van der Waals surface area contributed by atoms with Crippen molar-refractivity contribution in [1.29, 1.82) is 0 Å². The van der Waals surface area contributed by atoms with Crippen LogP contribution in [0.3, 0.4) is 0 Å². The van der Waals surface area contributed by atoms with Crippen LogP contribution in [0.15, 0.2) is 27.8 Å². The minimum atomic E-state index is -0.823. The fourth-order valence-corrected chi connectivity index (χ4v) is 2.81. The number of amides is 1. The summed E-state index contributed by atoms with van der Waals surface area (Å²) in [6.07, 6.45) is 1.45. The van der Waals surface area contributed by atoms with E-state index >= 15 is 0 Å². The van der Waals surface area contributed by atoms with Crippen LogP contribution in [0.2, 0.25) is 0 Å². The van der Waals surface area contributed by atoms with Crippen LogP contribution in [0.5, 0.6) is 5.75 Å². The number of nitro benzene ring substituents is 1. The second-order valence-corrected chi connectivity index (χ2v) is 6.24. The smallest absolute Gasteiger partial charge is 0.330 e.